The summed E-state index contributed by atoms with van der Waals surface area (Å²) in [6.45, 7) is 2.98. The number of aliphatic hydroxyl groups excluding tert-OH is 1. The Kier molecular flexibility index (Phi) is 5.01. The van der Waals surface area contributed by atoms with Gasteiger partial charge in [0.2, 0.25) is 0 Å². The maximum Gasteiger partial charge on any atom is 0.283 e. The third-order valence-corrected chi connectivity index (χ3v) is 3.82. The van der Waals surface area contributed by atoms with Gasteiger partial charge in [-0.25, -0.2) is 14.4 Å². The number of hydrogen-bond acceptors (Lipinski definition) is 5. The molecule has 1 aromatic heterocycles. The minimum atomic E-state index is -1.05. The van der Waals surface area contributed by atoms with Gasteiger partial charge in [-0.1, -0.05) is 30.8 Å². The quantitative estimate of drug-likeness (QED) is 0.485. The summed E-state index contributed by atoms with van der Waals surface area (Å²) in [6, 6.07) is 12.6. The summed E-state index contributed by atoms with van der Waals surface area (Å²) in [6.07, 6.45) is 0.696. The number of benzene rings is 2. The number of halogens is 1. The Morgan fingerprint density at radius 1 is 1.23 bits per heavy atom. The molecule has 1 heterocycles. The molecular weight excluding hydrogens is 335 g/mol. The first kappa shape index (κ1) is 17.7. The maximum absolute atomic E-state index is 12.9. The first-order valence-electron chi connectivity index (χ1n) is 7.86. The standard InChI is InChI=1S/C19H17FN4O2/c1-11(20)18(25)23-15-5-3-4-12(8-15)13-6-7-14-10-22-17(19(26)21-2)24-16(14)9-13/h3-10,19,21,26H,1H2,2H3,(H,23,25). The smallest absolute Gasteiger partial charge is 0.283 e. The second kappa shape index (κ2) is 7.38. The molecular formula is C19H17FN4O2. The van der Waals surface area contributed by atoms with Gasteiger partial charge in [0.15, 0.2) is 17.9 Å². The van der Waals surface area contributed by atoms with E-state index in [1.807, 2.05) is 24.3 Å². The lowest BCUT2D eigenvalue weighted by Crippen LogP contribution is -2.18. The van der Waals surface area contributed by atoms with Crippen LogP contribution in [0.25, 0.3) is 22.0 Å². The van der Waals surface area contributed by atoms with Gasteiger partial charge >= 0.3 is 0 Å². The molecule has 0 radical (unpaired) electrons. The molecule has 0 spiro atoms. The highest BCUT2D eigenvalue weighted by molar-refractivity contribution is 6.02. The Labute approximate surface area is 149 Å². The van der Waals surface area contributed by atoms with Crippen LogP contribution in [-0.2, 0) is 4.79 Å². The van der Waals surface area contributed by atoms with E-state index in [2.05, 4.69) is 27.2 Å². The van der Waals surface area contributed by atoms with Crippen LogP contribution in [-0.4, -0.2) is 28.0 Å². The van der Waals surface area contributed by atoms with E-state index in [1.54, 1.807) is 31.4 Å². The summed E-state index contributed by atoms with van der Waals surface area (Å²) in [5.74, 6) is -1.65. The third-order valence-electron chi connectivity index (χ3n) is 3.82. The van der Waals surface area contributed by atoms with Crippen molar-refractivity contribution >= 4 is 22.5 Å². The minimum Gasteiger partial charge on any atom is -0.371 e. The Morgan fingerprint density at radius 2 is 2.00 bits per heavy atom. The number of rotatable bonds is 5. The van der Waals surface area contributed by atoms with Crippen molar-refractivity contribution in [2.24, 2.45) is 0 Å². The zero-order chi connectivity index (χ0) is 18.7. The van der Waals surface area contributed by atoms with Gasteiger partial charge in [-0.15, -0.1) is 0 Å². The zero-order valence-corrected chi connectivity index (χ0v) is 14.0. The summed E-state index contributed by atoms with van der Waals surface area (Å²) < 4.78 is 12.9. The first-order valence-corrected chi connectivity index (χ1v) is 7.86. The Morgan fingerprint density at radius 3 is 2.73 bits per heavy atom. The van der Waals surface area contributed by atoms with Crippen molar-refractivity contribution in [2.75, 3.05) is 12.4 Å². The second-order valence-electron chi connectivity index (χ2n) is 5.63. The number of amides is 1. The average Bonchev–Trinajstić information content (AvgIpc) is 2.66. The molecule has 2 aromatic carbocycles. The van der Waals surface area contributed by atoms with Crippen molar-refractivity contribution in [2.45, 2.75) is 6.23 Å². The van der Waals surface area contributed by atoms with Crippen LogP contribution in [0, 0.1) is 0 Å². The minimum absolute atomic E-state index is 0.277. The molecule has 132 valence electrons. The lowest BCUT2D eigenvalue weighted by atomic mass is 10.0. The van der Waals surface area contributed by atoms with Crippen LogP contribution in [0.4, 0.5) is 10.1 Å². The normalized spacial score (nSPS) is 12.0. The zero-order valence-electron chi connectivity index (χ0n) is 14.0. The molecule has 0 saturated carbocycles. The van der Waals surface area contributed by atoms with Crippen molar-refractivity contribution in [3.63, 3.8) is 0 Å². The maximum atomic E-state index is 12.9. The molecule has 26 heavy (non-hydrogen) atoms. The largest absolute Gasteiger partial charge is 0.371 e. The molecule has 0 aliphatic carbocycles. The topological polar surface area (TPSA) is 87.1 Å². The van der Waals surface area contributed by atoms with Crippen LogP contribution in [0.3, 0.4) is 0 Å². The van der Waals surface area contributed by atoms with E-state index in [1.165, 1.54) is 0 Å². The predicted octanol–water partition coefficient (Wildman–Crippen LogP) is 2.93. The van der Waals surface area contributed by atoms with Gasteiger partial charge in [-0.2, -0.15) is 0 Å². The van der Waals surface area contributed by atoms with E-state index in [0.717, 1.165) is 16.5 Å². The average molecular weight is 352 g/mol. The molecule has 3 N–H and O–H groups in total. The number of aromatic nitrogens is 2. The molecule has 1 atom stereocenters. The van der Waals surface area contributed by atoms with Crippen LogP contribution in [0.1, 0.15) is 12.1 Å². The van der Waals surface area contributed by atoms with Gasteiger partial charge < -0.3 is 10.4 Å². The molecule has 0 bridgehead atoms. The van der Waals surface area contributed by atoms with Gasteiger partial charge in [0.05, 0.1) is 5.52 Å². The summed E-state index contributed by atoms with van der Waals surface area (Å²) in [5, 5.41) is 15.8. The highest BCUT2D eigenvalue weighted by Crippen LogP contribution is 2.26. The summed E-state index contributed by atoms with van der Waals surface area (Å²) >= 11 is 0. The molecule has 6 nitrogen and oxygen atoms in total. The molecule has 1 unspecified atom stereocenters. The lowest BCUT2D eigenvalue weighted by Gasteiger charge is -2.10. The van der Waals surface area contributed by atoms with Crippen LogP contribution < -0.4 is 10.6 Å². The second-order valence-corrected chi connectivity index (χ2v) is 5.63. The lowest BCUT2D eigenvalue weighted by molar-refractivity contribution is -0.114. The fourth-order valence-corrected chi connectivity index (χ4v) is 2.45. The summed E-state index contributed by atoms with van der Waals surface area (Å²) in [5.41, 5.74) is 2.81. The predicted molar refractivity (Wildman–Crippen MR) is 97.9 cm³/mol. The monoisotopic (exact) mass is 352 g/mol. The number of carbonyl (C=O) groups is 1. The Bertz CT molecular complexity index is 990. The SMILES string of the molecule is C=C(F)C(=O)Nc1cccc(-c2ccc3cnc(C(O)NC)nc3c2)c1. The van der Waals surface area contributed by atoms with Crippen molar-refractivity contribution in [1.82, 2.24) is 15.3 Å². The van der Waals surface area contributed by atoms with E-state index in [9.17, 15) is 14.3 Å². The van der Waals surface area contributed by atoms with E-state index >= 15 is 0 Å². The van der Waals surface area contributed by atoms with Gasteiger partial charge in [0.25, 0.3) is 5.91 Å². The van der Waals surface area contributed by atoms with E-state index in [-0.39, 0.29) is 5.82 Å². The molecule has 0 aliphatic rings. The van der Waals surface area contributed by atoms with Crippen molar-refractivity contribution in [3.05, 3.63) is 66.9 Å². The summed E-state index contributed by atoms with van der Waals surface area (Å²) in [4.78, 5) is 19.9. The third kappa shape index (κ3) is 3.74. The van der Waals surface area contributed by atoms with Crippen molar-refractivity contribution in [1.29, 1.82) is 0 Å². The number of nitrogens with one attached hydrogen (secondary N) is 2. The number of anilines is 1. The first-order chi connectivity index (χ1) is 12.5. The van der Waals surface area contributed by atoms with Gasteiger partial charge in [0, 0.05) is 17.3 Å². The molecule has 0 aliphatic heterocycles. The van der Waals surface area contributed by atoms with Crippen LogP contribution in [0.5, 0.6) is 0 Å². The fraction of sp³-hybridized carbons (Fsp3) is 0.105. The van der Waals surface area contributed by atoms with Crippen LogP contribution >= 0.6 is 0 Å². The van der Waals surface area contributed by atoms with Gasteiger partial charge in [-0.3, -0.25) is 10.1 Å². The Balaban J connectivity index is 1.97. The number of fused-ring (bicyclic) bond motifs is 1. The van der Waals surface area contributed by atoms with E-state index in [4.69, 9.17) is 0 Å². The van der Waals surface area contributed by atoms with E-state index in [0.29, 0.717) is 11.2 Å². The van der Waals surface area contributed by atoms with Crippen molar-refractivity contribution in [3.8, 4) is 11.1 Å². The summed E-state index contributed by atoms with van der Waals surface area (Å²) in [7, 11) is 1.61. The Hall–Kier alpha value is -3.16. The number of hydrogen-bond donors (Lipinski definition) is 3. The number of aliphatic hydroxyl groups is 1. The molecule has 3 aromatic rings. The van der Waals surface area contributed by atoms with Gasteiger partial charge in [0.1, 0.15) is 0 Å². The highest BCUT2D eigenvalue weighted by atomic mass is 19.1. The van der Waals surface area contributed by atoms with Crippen molar-refractivity contribution < 1.29 is 14.3 Å². The fourth-order valence-electron chi connectivity index (χ4n) is 2.45. The highest BCUT2D eigenvalue weighted by Gasteiger charge is 2.10. The van der Waals surface area contributed by atoms with Gasteiger partial charge in [-0.05, 0) is 36.4 Å². The molecule has 0 saturated heterocycles. The van der Waals surface area contributed by atoms with Crippen LogP contribution in [0.2, 0.25) is 0 Å². The number of carbonyl (C=O) groups excluding carboxylic acids is 1. The molecule has 1 amide bonds. The van der Waals surface area contributed by atoms with Crippen LogP contribution in [0.15, 0.2) is 61.1 Å². The van der Waals surface area contributed by atoms with E-state index < -0.39 is 18.0 Å². The molecule has 7 heteroatoms. The number of nitrogens with zero attached hydrogens (tertiary/aromatic N) is 2. The molecule has 3 rings (SSSR count). The molecule has 0 fully saturated rings.